The first-order valence-electron chi connectivity index (χ1n) is 11.2. The van der Waals surface area contributed by atoms with Gasteiger partial charge in [0, 0.05) is 50.0 Å². The van der Waals surface area contributed by atoms with Crippen molar-refractivity contribution in [3.05, 3.63) is 53.3 Å². The number of carbonyl (C=O) groups is 2. The van der Waals surface area contributed by atoms with E-state index in [0.29, 0.717) is 36.2 Å². The third kappa shape index (κ3) is 5.09. The molecule has 35 heavy (non-hydrogen) atoms. The van der Waals surface area contributed by atoms with Gasteiger partial charge in [0.2, 0.25) is 16.0 Å². The summed E-state index contributed by atoms with van der Waals surface area (Å²) in [5.41, 5.74) is 1.53. The molecule has 0 unspecified atom stereocenters. The van der Waals surface area contributed by atoms with Crippen LogP contribution >= 0.6 is 11.8 Å². The number of amides is 2. The van der Waals surface area contributed by atoms with E-state index >= 15 is 0 Å². The standard InChI is InChI=1S/C23H24N6O4S2/c1-28-9-7-16-12-18(2-3-19(16)28)35(32,33)25-14-15-5-10-29(11-6-15)22-24-8-4-17(26-22)13-20-21(30)27-23(31)34-20/h2-4,7-9,12-13,15,25H,5-6,10-11,14H2,1H3,(H,27,30,31)/b20-13+. The van der Waals surface area contributed by atoms with Gasteiger partial charge in [0.05, 0.1) is 15.5 Å². The number of hydrogen-bond donors (Lipinski definition) is 2. The van der Waals surface area contributed by atoms with Crippen molar-refractivity contribution in [3.8, 4) is 0 Å². The summed E-state index contributed by atoms with van der Waals surface area (Å²) in [5.74, 6) is 0.327. The maximum atomic E-state index is 12.8. The Kier molecular flexibility index (Phi) is 6.34. The molecule has 1 aromatic carbocycles. The molecule has 2 aliphatic rings. The molecule has 2 saturated heterocycles. The zero-order chi connectivity index (χ0) is 24.6. The second-order valence-corrected chi connectivity index (χ2v) is 11.3. The maximum Gasteiger partial charge on any atom is 0.290 e. The Morgan fingerprint density at radius 2 is 2.00 bits per heavy atom. The third-order valence-corrected chi connectivity index (χ3v) is 8.44. The third-order valence-electron chi connectivity index (χ3n) is 6.21. The summed E-state index contributed by atoms with van der Waals surface area (Å²) in [6.07, 6.45) is 6.69. The maximum absolute atomic E-state index is 12.8. The first-order valence-corrected chi connectivity index (χ1v) is 13.5. The number of fused-ring (bicyclic) bond motifs is 1. The van der Waals surface area contributed by atoms with E-state index in [1.807, 2.05) is 34.8 Å². The fraction of sp³-hybridized carbons (Fsp3) is 0.304. The molecule has 0 radical (unpaired) electrons. The Morgan fingerprint density at radius 3 is 2.74 bits per heavy atom. The SMILES string of the molecule is Cn1ccc2cc(S(=O)(=O)NCC3CCN(c4nccc(/C=C5/SC(=O)NC5=O)n4)CC3)ccc21. The Balaban J connectivity index is 1.18. The largest absolute Gasteiger partial charge is 0.351 e. The average molecular weight is 513 g/mol. The quantitative estimate of drug-likeness (QED) is 0.483. The molecule has 2 aromatic heterocycles. The van der Waals surface area contributed by atoms with E-state index in [-0.39, 0.29) is 10.8 Å². The van der Waals surface area contributed by atoms with Gasteiger partial charge in [-0.1, -0.05) is 0 Å². The summed E-state index contributed by atoms with van der Waals surface area (Å²) in [6, 6.07) is 8.74. The molecule has 2 amide bonds. The summed E-state index contributed by atoms with van der Waals surface area (Å²) < 4.78 is 30.4. The van der Waals surface area contributed by atoms with Crippen molar-refractivity contribution in [1.82, 2.24) is 24.6 Å². The summed E-state index contributed by atoms with van der Waals surface area (Å²) in [5, 5.41) is 2.72. The van der Waals surface area contributed by atoms with E-state index in [1.54, 1.807) is 30.5 Å². The molecule has 2 aliphatic heterocycles. The summed E-state index contributed by atoms with van der Waals surface area (Å²) in [4.78, 5) is 34.6. The molecule has 12 heteroatoms. The lowest BCUT2D eigenvalue weighted by Gasteiger charge is -2.32. The van der Waals surface area contributed by atoms with E-state index in [2.05, 4.69) is 20.0 Å². The predicted molar refractivity (Wildman–Crippen MR) is 134 cm³/mol. The van der Waals surface area contributed by atoms with E-state index in [1.165, 1.54) is 0 Å². The summed E-state index contributed by atoms with van der Waals surface area (Å²) >= 11 is 0.848. The van der Waals surface area contributed by atoms with Gasteiger partial charge in [-0.2, -0.15) is 0 Å². The van der Waals surface area contributed by atoms with Crippen LogP contribution in [0.4, 0.5) is 10.7 Å². The monoisotopic (exact) mass is 512 g/mol. The first kappa shape index (κ1) is 23.5. The number of hydrogen-bond acceptors (Lipinski definition) is 8. The highest BCUT2D eigenvalue weighted by Crippen LogP contribution is 2.26. The number of nitrogens with zero attached hydrogens (tertiary/aromatic N) is 4. The highest BCUT2D eigenvalue weighted by atomic mass is 32.2. The molecule has 0 aliphatic carbocycles. The van der Waals surface area contributed by atoms with Gasteiger partial charge in [-0.3, -0.25) is 14.9 Å². The van der Waals surface area contributed by atoms with Crippen molar-refractivity contribution in [1.29, 1.82) is 0 Å². The van der Waals surface area contributed by atoms with Crippen molar-refractivity contribution in [2.24, 2.45) is 13.0 Å². The van der Waals surface area contributed by atoms with Gasteiger partial charge in [-0.05, 0) is 66.9 Å². The number of piperidine rings is 1. The molecule has 10 nitrogen and oxygen atoms in total. The molecular formula is C23H24N6O4S2. The van der Waals surface area contributed by atoms with Crippen molar-refractivity contribution in [2.75, 3.05) is 24.5 Å². The van der Waals surface area contributed by atoms with Crippen LogP contribution in [0.2, 0.25) is 0 Å². The molecule has 4 heterocycles. The number of anilines is 1. The number of nitrogens with one attached hydrogen (secondary N) is 2. The minimum atomic E-state index is -3.60. The highest BCUT2D eigenvalue weighted by molar-refractivity contribution is 8.18. The zero-order valence-electron chi connectivity index (χ0n) is 19.0. The number of aryl methyl sites for hydroxylation is 1. The Labute approximate surface area is 206 Å². The van der Waals surface area contributed by atoms with Crippen LogP contribution in [0.5, 0.6) is 0 Å². The lowest BCUT2D eigenvalue weighted by molar-refractivity contribution is -0.115. The van der Waals surface area contributed by atoms with Gasteiger partial charge in [0.1, 0.15) is 0 Å². The predicted octanol–water partition coefficient (Wildman–Crippen LogP) is 2.49. The average Bonchev–Trinajstić information content (AvgIpc) is 3.38. The van der Waals surface area contributed by atoms with Gasteiger partial charge >= 0.3 is 0 Å². The van der Waals surface area contributed by atoms with Crippen molar-refractivity contribution in [3.63, 3.8) is 0 Å². The Bertz CT molecular complexity index is 1440. The van der Waals surface area contributed by atoms with E-state index in [9.17, 15) is 18.0 Å². The normalized spacial score (nSPS) is 18.5. The number of sulfonamides is 1. The van der Waals surface area contributed by atoms with E-state index in [4.69, 9.17) is 0 Å². The Morgan fingerprint density at radius 1 is 1.20 bits per heavy atom. The minimum Gasteiger partial charge on any atom is -0.351 e. The summed E-state index contributed by atoms with van der Waals surface area (Å²) in [7, 11) is -1.67. The highest BCUT2D eigenvalue weighted by Gasteiger charge is 2.26. The second-order valence-electron chi connectivity index (χ2n) is 8.56. The zero-order valence-corrected chi connectivity index (χ0v) is 20.6. The molecule has 3 aromatic rings. The van der Waals surface area contributed by atoms with Crippen LogP contribution < -0.4 is 14.9 Å². The molecule has 2 N–H and O–H groups in total. The lowest BCUT2D eigenvalue weighted by Crippen LogP contribution is -2.39. The van der Waals surface area contributed by atoms with Crippen LogP contribution in [0.3, 0.4) is 0 Å². The van der Waals surface area contributed by atoms with E-state index < -0.39 is 21.2 Å². The fourth-order valence-electron chi connectivity index (χ4n) is 4.22. The van der Waals surface area contributed by atoms with Crippen molar-refractivity contribution >= 4 is 55.9 Å². The molecule has 0 bridgehead atoms. The lowest BCUT2D eigenvalue weighted by atomic mass is 9.97. The Hall–Kier alpha value is -3.22. The van der Waals surface area contributed by atoms with Gasteiger partial charge in [-0.25, -0.2) is 23.1 Å². The minimum absolute atomic E-state index is 0.205. The van der Waals surface area contributed by atoms with Gasteiger partial charge in [0.25, 0.3) is 11.1 Å². The number of aromatic nitrogens is 3. The molecule has 182 valence electrons. The molecule has 0 saturated carbocycles. The smallest absolute Gasteiger partial charge is 0.290 e. The van der Waals surface area contributed by atoms with Crippen LogP contribution in [0.15, 0.2) is 52.5 Å². The number of rotatable bonds is 6. The van der Waals surface area contributed by atoms with Gasteiger partial charge in [-0.15, -0.1) is 0 Å². The first-order chi connectivity index (χ1) is 16.8. The van der Waals surface area contributed by atoms with Crippen LogP contribution in [0.1, 0.15) is 18.5 Å². The van der Waals surface area contributed by atoms with Gasteiger partial charge < -0.3 is 9.47 Å². The van der Waals surface area contributed by atoms with Crippen molar-refractivity contribution in [2.45, 2.75) is 17.7 Å². The fourth-order valence-corrected chi connectivity index (χ4v) is 6.04. The van der Waals surface area contributed by atoms with Crippen LogP contribution in [0, 0.1) is 5.92 Å². The topological polar surface area (TPSA) is 126 Å². The number of benzene rings is 1. The second kappa shape index (κ2) is 9.44. The number of imide groups is 1. The molecular weight excluding hydrogens is 488 g/mol. The molecule has 2 fully saturated rings. The molecule has 5 rings (SSSR count). The summed E-state index contributed by atoms with van der Waals surface area (Å²) in [6.45, 7) is 1.75. The molecule has 0 spiro atoms. The number of carbonyl (C=O) groups excluding carboxylic acids is 2. The number of thioether (sulfide) groups is 1. The molecule has 0 atom stereocenters. The van der Waals surface area contributed by atoms with Crippen LogP contribution in [-0.2, 0) is 21.9 Å². The van der Waals surface area contributed by atoms with Crippen molar-refractivity contribution < 1.29 is 18.0 Å². The van der Waals surface area contributed by atoms with Crippen LogP contribution in [0.25, 0.3) is 17.0 Å². The van der Waals surface area contributed by atoms with E-state index in [0.717, 1.165) is 35.5 Å². The van der Waals surface area contributed by atoms with Crippen LogP contribution in [-0.4, -0.2) is 53.7 Å². The van der Waals surface area contributed by atoms with Gasteiger partial charge in [0.15, 0.2) is 0 Å².